The van der Waals surface area contributed by atoms with Crippen LogP contribution in [-0.2, 0) is 0 Å². The Hall–Kier alpha value is -2.89. The number of amides is 2. The van der Waals surface area contributed by atoms with E-state index >= 15 is 0 Å². The standard InChI is InChI=1S/C15H16N4O2/c16-13-4-2-1-3-12(13)15(21)19-10-9-18-14(20)11-5-7-17-8-6-11/h1-8H,9-10,16H2,(H,18,20)(H,19,21). The quantitative estimate of drug-likeness (QED) is 0.559. The number of benzene rings is 1. The number of nitrogens with zero attached hydrogens (tertiary/aromatic N) is 1. The van der Waals surface area contributed by atoms with E-state index in [9.17, 15) is 9.59 Å². The largest absolute Gasteiger partial charge is 0.398 e. The molecule has 0 fully saturated rings. The molecule has 0 aliphatic carbocycles. The molecule has 4 N–H and O–H groups in total. The molecule has 0 atom stereocenters. The lowest BCUT2D eigenvalue weighted by Crippen LogP contribution is -2.34. The highest BCUT2D eigenvalue weighted by Crippen LogP contribution is 2.09. The molecular formula is C15H16N4O2. The van der Waals surface area contributed by atoms with Gasteiger partial charge in [-0.05, 0) is 24.3 Å². The van der Waals surface area contributed by atoms with E-state index in [1.807, 2.05) is 0 Å². The molecule has 1 aromatic carbocycles. The normalized spacial score (nSPS) is 9.90. The average Bonchev–Trinajstić information content (AvgIpc) is 2.52. The van der Waals surface area contributed by atoms with Crippen LogP contribution in [0.4, 0.5) is 5.69 Å². The van der Waals surface area contributed by atoms with Gasteiger partial charge in [-0.1, -0.05) is 12.1 Å². The van der Waals surface area contributed by atoms with Gasteiger partial charge in [0.25, 0.3) is 11.8 Å². The summed E-state index contributed by atoms with van der Waals surface area (Å²) in [5, 5.41) is 5.41. The van der Waals surface area contributed by atoms with Gasteiger partial charge in [-0.15, -0.1) is 0 Å². The zero-order valence-electron chi connectivity index (χ0n) is 11.4. The molecule has 0 saturated carbocycles. The van der Waals surface area contributed by atoms with Gasteiger partial charge < -0.3 is 16.4 Å². The Kier molecular flexibility index (Phi) is 4.87. The first-order valence-electron chi connectivity index (χ1n) is 6.49. The maximum absolute atomic E-state index is 11.9. The fraction of sp³-hybridized carbons (Fsp3) is 0.133. The van der Waals surface area contributed by atoms with Crippen molar-refractivity contribution in [3.8, 4) is 0 Å². The Morgan fingerprint density at radius 2 is 1.57 bits per heavy atom. The molecule has 0 aliphatic rings. The smallest absolute Gasteiger partial charge is 0.253 e. The van der Waals surface area contributed by atoms with Crippen molar-refractivity contribution in [1.82, 2.24) is 15.6 Å². The monoisotopic (exact) mass is 284 g/mol. The number of nitrogen functional groups attached to an aromatic ring is 1. The number of nitrogens with two attached hydrogens (primary N) is 1. The molecule has 0 aliphatic heterocycles. The number of pyridine rings is 1. The second kappa shape index (κ2) is 7.04. The summed E-state index contributed by atoms with van der Waals surface area (Å²) in [5.41, 5.74) is 7.10. The van der Waals surface area contributed by atoms with Gasteiger partial charge in [0.05, 0.1) is 5.56 Å². The van der Waals surface area contributed by atoms with Crippen molar-refractivity contribution in [3.63, 3.8) is 0 Å². The highest BCUT2D eigenvalue weighted by atomic mass is 16.2. The lowest BCUT2D eigenvalue weighted by Gasteiger charge is -2.08. The van der Waals surface area contributed by atoms with Gasteiger partial charge in [-0.2, -0.15) is 0 Å². The molecule has 1 heterocycles. The maximum atomic E-state index is 11.9. The maximum Gasteiger partial charge on any atom is 0.253 e. The van der Waals surface area contributed by atoms with Crippen molar-refractivity contribution in [2.75, 3.05) is 18.8 Å². The summed E-state index contributed by atoms with van der Waals surface area (Å²) >= 11 is 0. The summed E-state index contributed by atoms with van der Waals surface area (Å²) in [6.07, 6.45) is 3.10. The SMILES string of the molecule is Nc1ccccc1C(=O)NCCNC(=O)c1ccncc1. The molecule has 0 spiro atoms. The number of carbonyl (C=O) groups excluding carboxylic acids is 2. The summed E-state index contributed by atoms with van der Waals surface area (Å²) in [5.74, 6) is -0.461. The summed E-state index contributed by atoms with van der Waals surface area (Å²) in [6.45, 7) is 0.656. The van der Waals surface area contributed by atoms with Crippen molar-refractivity contribution in [1.29, 1.82) is 0 Å². The van der Waals surface area contributed by atoms with Gasteiger partial charge in [0, 0.05) is 36.7 Å². The number of hydrogen-bond acceptors (Lipinski definition) is 4. The summed E-state index contributed by atoms with van der Waals surface area (Å²) < 4.78 is 0. The number of hydrogen-bond donors (Lipinski definition) is 3. The van der Waals surface area contributed by atoms with Crippen LogP contribution in [0, 0.1) is 0 Å². The number of carbonyl (C=O) groups is 2. The van der Waals surface area contributed by atoms with E-state index < -0.39 is 0 Å². The van der Waals surface area contributed by atoms with Gasteiger partial charge in [0.2, 0.25) is 0 Å². The van der Waals surface area contributed by atoms with Crippen molar-refractivity contribution in [2.45, 2.75) is 0 Å². The fourth-order valence-corrected chi connectivity index (χ4v) is 1.76. The third kappa shape index (κ3) is 4.04. The minimum absolute atomic E-state index is 0.203. The van der Waals surface area contributed by atoms with Crippen LogP contribution >= 0.6 is 0 Å². The van der Waals surface area contributed by atoms with Crippen LogP contribution in [0.2, 0.25) is 0 Å². The first-order valence-corrected chi connectivity index (χ1v) is 6.49. The molecule has 1 aromatic heterocycles. The molecule has 6 heteroatoms. The van der Waals surface area contributed by atoms with Crippen LogP contribution in [0.5, 0.6) is 0 Å². The van der Waals surface area contributed by atoms with Gasteiger partial charge in [0.15, 0.2) is 0 Å². The first kappa shape index (κ1) is 14.5. The number of aromatic nitrogens is 1. The fourth-order valence-electron chi connectivity index (χ4n) is 1.76. The third-order valence-corrected chi connectivity index (χ3v) is 2.84. The number of para-hydroxylation sites is 1. The van der Waals surface area contributed by atoms with Crippen LogP contribution in [-0.4, -0.2) is 29.9 Å². The van der Waals surface area contributed by atoms with E-state index in [0.717, 1.165) is 0 Å². The number of anilines is 1. The predicted octanol–water partition coefficient (Wildman–Crippen LogP) is 0.824. The molecule has 21 heavy (non-hydrogen) atoms. The average molecular weight is 284 g/mol. The summed E-state index contributed by atoms with van der Waals surface area (Å²) in [6, 6.07) is 10.1. The molecule has 2 aromatic rings. The summed E-state index contributed by atoms with van der Waals surface area (Å²) in [4.78, 5) is 27.5. The Morgan fingerprint density at radius 3 is 2.24 bits per heavy atom. The lowest BCUT2D eigenvalue weighted by atomic mass is 10.1. The minimum atomic E-state index is -0.258. The predicted molar refractivity (Wildman–Crippen MR) is 79.8 cm³/mol. The topological polar surface area (TPSA) is 97.1 Å². The van der Waals surface area contributed by atoms with Gasteiger partial charge in [-0.25, -0.2) is 0 Å². The van der Waals surface area contributed by atoms with Crippen molar-refractivity contribution in [3.05, 3.63) is 59.9 Å². The van der Waals surface area contributed by atoms with E-state index in [4.69, 9.17) is 5.73 Å². The molecule has 0 radical (unpaired) electrons. The molecule has 0 saturated heterocycles. The zero-order chi connectivity index (χ0) is 15.1. The lowest BCUT2D eigenvalue weighted by molar-refractivity contribution is 0.0928. The van der Waals surface area contributed by atoms with Gasteiger partial charge in [0.1, 0.15) is 0 Å². The Morgan fingerprint density at radius 1 is 0.952 bits per heavy atom. The van der Waals surface area contributed by atoms with E-state index in [1.54, 1.807) is 48.8 Å². The molecule has 2 rings (SSSR count). The molecule has 6 nitrogen and oxygen atoms in total. The Balaban J connectivity index is 1.76. The molecular weight excluding hydrogens is 268 g/mol. The van der Waals surface area contributed by atoms with Crippen LogP contribution < -0.4 is 16.4 Å². The minimum Gasteiger partial charge on any atom is -0.398 e. The zero-order valence-corrected chi connectivity index (χ0v) is 11.4. The van der Waals surface area contributed by atoms with Crippen molar-refractivity contribution >= 4 is 17.5 Å². The van der Waals surface area contributed by atoms with Crippen molar-refractivity contribution < 1.29 is 9.59 Å². The highest BCUT2D eigenvalue weighted by molar-refractivity contribution is 5.99. The van der Waals surface area contributed by atoms with E-state index in [1.165, 1.54) is 0 Å². The van der Waals surface area contributed by atoms with E-state index in [-0.39, 0.29) is 11.8 Å². The second-order valence-electron chi connectivity index (χ2n) is 4.33. The van der Waals surface area contributed by atoms with Crippen molar-refractivity contribution in [2.24, 2.45) is 0 Å². The highest BCUT2D eigenvalue weighted by Gasteiger charge is 2.08. The van der Waals surface area contributed by atoms with E-state index in [0.29, 0.717) is 29.9 Å². The number of rotatable bonds is 5. The van der Waals surface area contributed by atoms with Crippen LogP contribution in [0.3, 0.4) is 0 Å². The Labute approximate surface area is 122 Å². The number of nitrogens with one attached hydrogen (secondary N) is 2. The molecule has 2 amide bonds. The van der Waals surface area contributed by atoms with Crippen LogP contribution in [0.25, 0.3) is 0 Å². The second-order valence-corrected chi connectivity index (χ2v) is 4.33. The van der Waals surface area contributed by atoms with Crippen LogP contribution in [0.1, 0.15) is 20.7 Å². The van der Waals surface area contributed by atoms with E-state index in [2.05, 4.69) is 15.6 Å². The first-order chi connectivity index (χ1) is 10.2. The molecule has 108 valence electrons. The van der Waals surface area contributed by atoms with Gasteiger partial charge >= 0.3 is 0 Å². The summed E-state index contributed by atoms with van der Waals surface area (Å²) in [7, 11) is 0. The van der Waals surface area contributed by atoms with Crippen LogP contribution in [0.15, 0.2) is 48.8 Å². The molecule has 0 unspecified atom stereocenters. The molecule has 0 bridgehead atoms. The Bertz CT molecular complexity index is 629. The van der Waals surface area contributed by atoms with Gasteiger partial charge in [-0.3, -0.25) is 14.6 Å². The third-order valence-electron chi connectivity index (χ3n) is 2.84.